The van der Waals surface area contributed by atoms with Gasteiger partial charge in [0.05, 0.1) is 46.0 Å². The van der Waals surface area contributed by atoms with Crippen LogP contribution < -0.4 is 26.5 Å². The number of imidazole rings is 1. The van der Waals surface area contributed by atoms with Crippen molar-refractivity contribution in [1.82, 2.24) is 34.2 Å². The van der Waals surface area contributed by atoms with E-state index in [2.05, 4.69) is 42.0 Å². The van der Waals surface area contributed by atoms with Crippen molar-refractivity contribution in [3.63, 3.8) is 0 Å². The van der Waals surface area contributed by atoms with Crippen LogP contribution in [0.5, 0.6) is 0 Å². The largest absolute Gasteiger partial charge is 0.390 e. The van der Waals surface area contributed by atoms with Gasteiger partial charge in [0.1, 0.15) is 5.02 Å². The number of fused-ring (bicyclic) bond motifs is 2. The molecule has 5 heterocycles. The Labute approximate surface area is 280 Å². The van der Waals surface area contributed by atoms with E-state index in [0.29, 0.717) is 54.0 Å². The highest BCUT2D eigenvalue weighted by Gasteiger charge is 2.33. The van der Waals surface area contributed by atoms with Gasteiger partial charge in [0, 0.05) is 56.9 Å². The molecule has 0 aliphatic carbocycles. The van der Waals surface area contributed by atoms with Crippen molar-refractivity contribution in [1.29, 1.82) is 0 Å². The number of halogens is 1. The van der Waals surface area contributed by atoms with Gasteiger partial charge in [-0.2, -0.15) is 10.1 Å². The van der Waals surface area contributed by atoms with Crippen LogP contribution in [-0.2, 0) is 30.2 Å². The van der Waals surface area contributed by atoms with E-state index < -0.39 is 11.5 Å². The van der Waals surface area contributed by atoms with Crippen molar-refractivity contribution in [2.75, 3.05) is 28.6 Å². The lowest BCUT2D eigenvalue weighted by Crippen LogP contribution is -2.55. The number of rotatable bonds is 9. The molecular weight excluding hydrogens is 636 g/mol. The highest BCUT2D eigenvalue weighted by Crippen LogP contribution is 2.34. The highest BCUT2D eigenvalue weighted by molar-refractivity contribution is 6.32. The zero-order valence-corrected chi connectivity index (χ0v) is 27.9. The van der Waals surface area contributed by atoms with Crippen molar-refractivity contribution in [3.8, 4) is 0 Å². The number of piperidine rings is 1. The molecule has 1 unspecified atom stereocenters. The van der Waals surface area contributed by atoms with Gasteiger partial charge in [-0.05, 0) is 63.1 Å². The number of anilines is 4. The van der Waals surface area contributed by atoms with Crippen LogP contribution in [0.15, 0.2) is 47.4 Å². The SMILES string of the molecule is Cn1nc(C2CCC(=O)NC2=O)c2ccc(N3CC(Nc4ncc(Cl)c(Nc5ccc6c(c5)n(CCC(C)(C)O)c(=O)n6C)n4)C3)cc21. The van der Waals surface area contributed by atoms with Crippen molar-refractivity contribution >= 4 is 68.5 Å². The maximum Gasteiger partial charge on any atom is 0.328 e. The predicted octanol–water partition coefficient (Wildman–Crippen LogP) is 3.40. The molecule has 2 aliphatic heterocycles. The number of imide groups is 1. The number of aliphatic hydroxyl groups is 1. The second-order valence-electron chi connectivity index (χ2n) is 13.2. The molecule has 14 nitrogen and oxygen atoms in total. The topological polar surface area (TPSA) is 164 Å². The molecular formula is C33H37ClN10O4. The van der Waals surface area contributed by atoms with Crippen LogP contribution in [0.3, 0.4) is 0 Å². The molecule has 48 heavy (non-hydrogen) atoms. The summed E-state index contributed by atoms with van der Waals surface area (Å²) in [5, 5.41) is 25.2. The second-order valence-corrected chi connectivity index (χ2v) is 13.6. The number of aryl methyl sites for hydroxylation is 3. The van der Waals surface area contributed by atoms with Gasteiger partial charge in [-0.3, -0.25) is 28.7 Å². The lowest BCUT2D eigenvalue weighted by Gasteiger charge is -2.41. The van der Waals surface area contributed by atoms with E-state index in [-0.39, 0.29) is 23.5 Å². The van der Waals surface area contributed by atoms with E-state index in [1.54, 1.807) is 40.9 Å². The van der Waals surface area contributed by atoms with Gasteiger partial charge in [-0.1, -0.05) is 11.6 Å². The van der Waals surface area contributed by atoms with Gasteiger partial charge < -0.3 is 20.6 Å². The number of hydrogen-bond donors (Lipinski definition) is 4. The summed E-state index contributed by atoms with van der Waals surface area (Å²) in [6.45, 7) is 5.28. The van der Waals surface area contributed by atoms with Crippen LogP contribution in [0.25, 0.3) is 21.9 Å². The van der Waals surface area contributed by atoms with E-state index in [1.807, 2.05) is 37.4 Å². The first-order valence-electron chi connectivity index (χ1n) is 15.9. The first-order valence-corrected chi connectivity index (χ1v) is 16.3. The minimum Gasteiger partial charge on any atom is -0.390 e. The van der Waals surface area contributed by atoms with E-state index in [0.717, 1.165) is 40.7 Å². The van der Waals surface area contributed by atoms with Crippen LogP contribution in [0.4, 0.5) is 23.1 Å². The maximum absolute atomic E-state index is 12.9. The smallest absolute Gasteiger partial charge is 0.328 e. The van der Waals surface area contributed by atoms with E-state index >= 15 is 0 Å². The molecule has 3 aromatic heterocycles. The Morgan fingerprint density at radius 2 is 1.85 bits per heavy atom. The van der Waals surface area contributed by atoms with Crippen LogP contribution >= 0.6 is 11.6 Å². The Kier molecular flexibility index (Phi) is 7.87. The molecule has 250 valence electrons. The maximum atomic E-state index is 12.9. The quantitative estimate of drug-likeness (QED) is 0.171. The average Bonchev–Trinajstić information content (AvgIpc) is 3.46. The predicted molar refractivity (Wildman–Crippen MR) is 184 cm³/mol. The van der Waals surface area contributed by atoms with Crippen LogP contribution in [-0.4, -0.2) is 70.5 Å². The lowest BCUT2D eigenvalue weighted by atomic mass is 9.92. The Bertz CT molecular complexity index is 2140. The van der Waals surface area contributed by atoms with Crippen LogP contribution in [0.2, 0.25) is 5.02 Å². The number of hydrogen-bond acceptors (Lipinski definition) is 10. The summed E-state index contributed by atoms with van der Waals surface area (Å²) >= 11 is 6.48. The molecule has 0 radical (unpaired) electrons. The van der Waals surface area contributed by atoms with Crippen molar-refractivity contribution < 1.29 is 14.7 Å². The molecule has 0 spiro atoms. The number of benzene rings is 2. The number of nitrogens with zero attached hydrogens (tertiary/aromatic N) is 7. The van der Waals surface area contributed by atoms with Crippen molar-refractivity contribution in [2.24, 2.45) is 14.1 Å². The van der Waals surface area contributed by atoms with E-state index in [1.165, 1.54) is 0 Å². The summed E-state index contributed by atoms with van der Waals surface area (Å²) in [5.41, 5.74) is 3.83. The number of amides is 2. The zero-order valence-electron chi connectivity index (χ0n) is 27.1. The minimum atomic E-state index is -0.900. The molecule has 2 aliphatic rings. The first kappa shape index (κ1) is 31.6. The summed E-state index contributed by atoms with van der Waals surface area (Å²) in [6, 6.07) is 11.8. The summed E-state index contributed by atoms with van der Waals surface area (Å²) in [4.78, 5) is 48.3. The molecule has 0 saturated carbocycles. The van der Waals surface area contributed by atoms with Crippen molar-refractivity contribution in [2.45, 2.75) is 57.2 Å². The second kappa shape index (κ2) is 11.9. The molecule has 0 bridgehead atoms. The molecule has 1 atom stereocenters. The molecule has 4 N–H and O–H groups in total. The summed E-state index contributed by atoms with van der Waals surface area (Å²) in [7, 11) is 3.59. The third-order valence-electron chi connectivity index (χ3n) is 9.11. The lowest BCUT2D eigenvalue weighted by molar-refractivity contribution is -0.134. The summed E-state index contributed by atoms with van der Waals surface area (Å²) < 4.78 is 5.05. The zero-order chi connectivity index (χ0) is 33.9. The van der Waals surface area contributed by atoms with Gasteiger partial charge in [0.2, 0.25) is 17.8 Å². The Hall–Kier alpha value is -4.95. The fourth-order valence-electron chi connectivity index (χ4n) is 6.40. The van der Waals surface area contributed by atoms with Gasteiger partial charge in [-0.15, -0.1) is 0 Å². The van der Waals surface area contributed by atoms with Gasteiger partial charge >= 0.3 is 5.69 Å². The summed E-state index contributed by atoms with van der Waals surface area (Å²) in [6.07, 6.45) is 2.74. The normalized spacial score (nSPS) is 17.2. The monoisotopic (exact) mass is 672 g/mol. The Morgan fingerprint density at radius 1 is 1.06 bits per heavy atom. The first-order chi connectivity index (χ1) is 22.8. The molecule has 2 aromatic carbocycles. The minimum absolute atomic E-state index is 0.103. The number of nitrogens with one attached hydrogen (secondary N) is 3. The van der Waals surface area contributed by atoms with Crippen molar-refractivity contribution in [3.05, 3.63) is 63.8 Å². The third-order valence-corrected chi connectivity index (χ3v) is 9.39. The van der Waals surface area contributed by atoms with Crippen LogP contribution in [0, 0.1) is 0 Å². The van der Waals surface area contributed by atoms with Crippen LogP contribution in [0.1, 0.15) is 44.7 Å². The fraction of sp³-hybridized carbons (Fsp3) is 0.394. The van der Waals surface area contributed by atoms with Gasteiger partial charge in [0.25, 0.3) is 0 Å². The number of carbonyl (C=O) groups is 2. The molecule has 15 heteroatoms. The molecule has 7 rings (SSSR count). The highest BCUT2D eigenvalue weighted by atomic mass is 35.5. The van der Waals surface area contributed by atoms with E-state index in [4.69, 9.17) is 11.6 Å². The number of aromatic nitrogens is 6. The Morgan fingerprint density at radius 3 is 2.60 bits per heavy atom. The molecule has 2 amide bonds. The molecule has 5 aromatic rings. The standard InChI is InChI=1S/C33H37ClN10O4/c1-33(2,48)11-12-44-26-13-18(5-9-24(26)41(3)32(44)47)36-29-23(34)15-35-31(39-29)37-19-16-43(17-19)20-6-7-21-25(14-20)42(4)40-28(21)22-8-10-27(45)38-30(22)46/h5-7,9,13-15,19,22,48H,8,10-12,16-17H2,1-4H3,(H,38,45,46)(H2,35,36,37,39). The van der Waals surface area contributed by atoms with E-state index in [9.17, 15) is 19.5 Å². The fourth-order valence-corrected chi connectivity index (χ4v) is 6.53. The van der Waals surface area contributed by atoms with Gasteiger partial charge in [-0.25, -0.2) is 9.78 Å². The Balaban J connectivity index is 1.03. The average molecular weight is 673 g/mol. The number of carbonyl (C=O) groups excluding carboxylic acids is 2. The molecule has 2 fully saturated rings. The summed E-state index contributed by atoms with van der Waals surface area (Å²) in [5.74, 6) is -0.114. The van der Waals surface area contributed by atoms with Gasteiger partial charge in [0.15, 0.2) is 5.82 Å². The third kappa shape index (κ3) is 5.97. The molecule has 2 saturated heterocycles.